The smallest absolute Gasteiger partial charge is 0.413 e. The van der Waals surface area contributed by atoms with E-state index in [0.717, 1.165) is 25.2 Å². The molecule has 34 nitrogen and oxygen atoms in total. The average molecular weight is 1840 g/mol. The molecule has 2 aliphatic carbocycles. The van der Waals surface area contributed by atoms with Gasteiger partial charge in [-0.15, -0.1) is 0 Å². The van der Waals surface area contributed by atoms with Gasteiger partial charge >= 0.3 is 18.3 Å². The summed E-state index contributed by atoms with van der Waals surface area (Å²) < 4.78 is 342. The van der Waals surface area contributed by atoms with Crippen molar-refractivity contribution in [2.75, 3.05) is 35.9 Å². The Kier molecular flexibility index (Phi) is 21.7. The summed E-state index contributed by atoms with van der Waals surface area (Å²) in [4.78, 5) is 11.7. The number of fused-ring (bicyclic) bond motifs is 7. The fourth-order valence-corrected chi connectivity index (χ4v) is 40.4. The number of ether oxygens (including phenoxy) is 7. The maximum Gasteiger partial charge on any atom is 0.413 e. The van der Waals surface area contributed by atoms with Crippen LogP contribution in [-0.2, 0) is 153 Å². The highest BCUT2D eigenvalue weighted by molar-refractivity contribution is 7.93. The van der Waals surface area contributed by atoms with Crippen LogP contribution in [0.3, 0.4) is 0 Å². The van der Waals surface area contributed by atoms with Gasteiger partial charge in [-0.3, -0.25) is 29.9 Å². The SMILES string of the molecule is CC1C2CC3(C#N)C(O2)C1OS3(=O)=O.CC1C2CC3(C(F)(F)F)C(O2)C1OS3(=O)=O.CC1C2CC3C(O2)C1CS3(=O)=O.CC1C2CC3C1CS(=O)(=O)C3C2.CC1C2OC3C1OS(=O)(=O)C3C2C#N.CC1C2OS(=O)(=O)C3C2OC1C3C(F)(F)F.CC1CCS(=O)(=O)C1.CC1CCS(=O)(=O)O1.COC(=O)C12CC3OC1C(OS2(=O)=O)C3C. The Morgan fingerprint density at radius 3 is 1.45 bits per heavy atom. The van der Waals surface area contributed by atoms with Crippen molar-refractivity contribution in [3.05, 3.63) is 0 Å². The lowest BCUT2D eigenvalue weighted by atomic mass is 9.80. The molecule has 21 saturated heterocycles. The van der Waals surface area contributed by atoms with Crippen LogP contribution >= 0.6 is 0 Å². The number of nitriles is 2. The molecule has 0 spiro atoms. The van der Waals surface area contributed by atoms with Gasteiger partial charge in [0.15, 0.2) is 29.5 Å². The topological polar surface area (TPSA) is 492 Å². The van der Waals surface area contributed by atoms with Gasteiger partial charge in [0, 0.05) is 54.8 Å². The van der Waals surface area contributed by atoms with Crippen LogP contribution in [0, 0.1) is 106 Å². The summed E-state index contributed by atoms with van der Waals surface area (Å²) in [5, 5.41) is 15.5. The molecular weight excluding hydrogens is 1750 g/mol. The second kappa shape index (κ2) is 28.6. The van der Waals surface area contributed by atoms with E-state index in [1.54, 1.807) is 13.8 Å². The average Bonchev–Trinajstić information content (AvgIpc) is 1.51. The van der Waals surface area contributed by atoms with E-state index in [1.807, 2.05) is 39.8 Å². The maximum absolute atomic E-state index is 13.0. The molecular formula is C67H92F6N2O32S9. The molecule has 2 saturated carbocycles. The molecule has 0 aromatic heterocycles. The van der Waals surface area contributed by atoms with E-state index >= 15 is 0 Å². The van der Waals surface area contributed by atoms with Crippen molar-refractivity contribution in [1.29, 1.82) is 10.5 Å². The Labute approximate surface area is 669 Å². The molecule has 14 bridgehead atoms. The van der Waals surface area contributed by atoms with Gasteiger partial charge in [0.2, 0.25) is 14.2 Å². The number of esters is 1. The fraction of sp³-hybridized carbons (Fsp3) is 0.955. The summed E-state index contributed by atoms with van der Waals surface area (Å²) >= 11 is 0. The van der Waals surface area contributed by atoms with Crippen molar-refractivity contribution in [3.63, 3.8) is 0 Å². The zero-order valence-corrected chi connectivity index (χ0v) is 71.2. The maximum atomic E-state index is 13.0. The molecule has 23 aliphatic rings. The Morgan fingerprint density at radius 1 is 0.448 bits per heavy atom. The number of halogens is 6. The predicted octanol–water partition coefficient (Wildman–Crippen LogP) is 2.21. The van der Waals surface area contributed by atoms with Crippen LogP contribution in [-0.4, -0.2) is 275 Å². The molecule has 0 radical (unpaired) electrons. The number of rotatable bonds is 1. The van der Waals surface area contributed by atoms with Crippen molar-refractivity contribution < 1.29 is 165 Å². The van der Waals surface area contributed by atoms with E-state index < -0.39 is 225 Å². The van der Waals surface area contributed by atoms with Crippen molar-refractivity contribution in [2.24, 2.45) is 82.9 Å². The number of sulfone groups is 3. The Morgan fingerprint density at radius 2 is 0.974 bits per heavy atom. The number of methoxy groups -OCH3 is 1. The highest BCUT2D eigenvalue weighted by atomic mass is 32.2. The molecule has 39 atom stereocenters. The minimum absolute atomic E-state index is 0.0000520. The van der Waals surface area contributed by atoms with Gasteiger partial charge in [-0.1, -0.05) is 55.4 Å². The lowest BCUT2D eigenvalue weighted by Crippen LogP contribution is -2.56. The minimum Gasteiger partial charge on any atom is -0.468 e. The van der Waals surface area contributed by atoms with Crippen LogP contribution in [0.25, 0.3) is 0 Å². The number of carbonyl (C=O) groups excluding carboxylic acids is 1. The second-order valence-electron chi connectivity index (χ2n) is 35.4. The summed E-state index contributed by atoms with van der Waals surface area (Å²) in [6, 6.07) is 3.90. The number of alkyl halides is 6. The summed E-state index contributed by atoms with van der Waals surface area (Å²) in [6.07, 6.45) is -14.4. The van der Waals surface area contributed by atoms with Gasteiger partial charge in [0.25, 0.3) is 60.7 Å². The zero-order chi connectivity index (χ0) is 85.2. The summed E-state index contributed by atoms with van der Waals surface area (Å²) in [5.41, 5.74) is 0. The predicted molar refractivity (Wildman–Crippen MR) is 381 cm³/mol. The molecule has 21 heterocycles. The number of carbonyl (C=O) groups is 1. The number of hydrogen-bond donors (Lipinski definition) is 0. The van der Waals surface area contributed by atoms with E-state index in [1.165, 1.54) is 20.5 Å². The third kappa shape index (κ3) is 13.3. The Hall–Kier alpha value is -2.90. The number of hydrogen-bond acceptors (Lipinski definition) is 34. The third-order valence-electron chi connectivity index (χ3n) is 29.1. The van der Waals surface area contributed by atoms with Crippen molar-refractivity contribution in [3.8, 4) is 12.1 Å². The molecule has 0 aromatic rings. The normalized spacial score (nSPS) is 53.0. The number of nitrogens with zero attached hydrogens (tertiary/aromatic N) is 2. The Bertz CT molecular complexity index is 5070. The van der Waals surface area contributed by atoms with Crippen LogP contribution in [0.2, 0.25) is 0 Å². The van der Waals surface area contributed by atoms with E-state index in [4.69, 9.17) is 55.7 Å². The molecule has 0 N–H and O–H groups in total. The first kappa shape index (κ1) is 88.0. The van der Waals surface area contributed by atoms with Crippen LogP contribution in [0.15, 0.2) is 0 Å². The molecule has 39 unspecified atom stereocenters. The van der Waals surface area contributed by atoms with E-state index in [2.05, 4.69) is 27.0 Å². The van der Waals surface area contributed by atoms with Gasteiger partial charge in [-0.2, -0.15) is 87.4 Å². The van der Waals surface area contributed by atoms with Crippen molar-refractivity contribution in [1.82, 2.24) is 0 Å². The van der Waals surface area contributed by atoms with Gasteiger partial charge in [-0.25, -0.2) is 25.3 Å². The minimum atomic E-state index is -4.85. The highest BCUT2D eigenvalue weighted by Gasteiger charge is 2.84. The van der Waals surface area contributed by atoms with Crippen LogP contribution < -0.4 is 0 Å². The molecule has 49 heteroatoms. The molecule has 0 aromatic carbocycles. The molecule has 658 valence electrons. The van der Waals surface area contributed by atoms with Crippen molar-refractivity contribution in [2.45, 2.75) is 271 Å². The van der Waals surface area contributed by atoms with E-state index in [0.29, 0.717) is 64.9 Å². The van der Waals surface area contributed by atoms with Gasteiger partial charge in [-0.05, 0) is 74.5 Å². The van der Waals surface area contributed by atoms with E-state index in [9.17, 15) is 107 Å². The Balaban J connectivity index is 0.000000103. The van der Waals surface area contributed by atoms with Gasteiger partial charge in [0.1, 0.15) is 77.5 Å². The fourth-order valence-electron chi connectivity index (χ4n) is 22.8. The van der Waals surface area contributed by atoms with Crippen LogP contribution in [0.4, 0.5) is 26.3 Å². The van der Waals surface area contributed by atoms with Crippen LogP contribution in [0.5, 0.6) is 0 Å². The molecule has 116 heavy (non-hydrogen) atoms. The zero-order valence-electron chi connectivity index (χ0n) is 63.9. The molecule has 0 amide bonds. The molecule has 23 fully saturated rings. The second-order valence-corrected chi connectivity index (χ2v) is 52.8. The van der Waals surface area contributed by atoms with Crippen LogP contribution in [0.1, 0.15) is 114 Å². The van der Waals surface area contributed by atoms with Crippen molar-refractivity contribution >= 4 is 96.2 Å². The largest absolute Gasteiger partial charge is 0.468 e. The lowest BCUT2D eigenvalue weighted by molar-refractivity contribution is -0.189. The van der Waals surface area contributed by atoms with E-state index in [-0.39, 0.29) is 95.5 Å². The standard InChI is InChI=1S/C9H12O6S.C9H14O2S.2C8H9F3O4S.2C8H9NO4S.C8H12O3S.C5H10O2S.C4H8O3S/c1-4-5-3-9(8(10)13-2)7(14-5)6(4)15-16(9,11)12;1-5-6-2-7-8(5)4-12(10,11)9(7)3-6;1-3-4-2-7(8(9,10)11)6(14-4)5(3)15-16(7,12)13;1-2-4-3(8(9,10)11)7-6(14-4)5(2)15-16(7,12)13;1-4-5-2-8(3-9)7(12-5)6(4)13-14(8,10)11;1-3-5-4(2-9)8-7(12-5)6(3)13-14(8,10)11;1-4-5-3-12(9,10)7-2-6(4)11-8(5)7;1-5-2-3-8(6,7)4-5;1-4-2-3-8(5,6)7-4/h4-7H,3H2,1-2H3;5-9H,2-4H2,1H3;3-6H,2H2,1H3;2-7H,1H3;4-7H,2H2,1H3;3-8H,1H3;4-8H,2-3H2,1H3;5H,2-4H2,1H3;4H,2-3H2,1H3. The molecule has 23 rings (SSSR count). The summed E-state index contributed by atoms with van der Waals surface area (Å²) in [6.45, 7) is 16.9. The summed E-state index contributed by atoms with van der Waals surface area (Å²) in [7, 11) is -30.0. The first-order valence-corrected chi connectivity index (χ1v) is 52.5. The van der Waals surface area contributed by atoms with Gasteiger partial charge in [0.05, 0.1) is 113 Å². The summed E-state index contributed by atoms with van der Waals surface area (Å²) in [5.74, 6) is 1.50. The highest BCUT2D eigenvalue weighted by Crippen LogP contribution is 2.64. The quantitative estimate of drug-likeness (QED) is 0.206. The molecule has 21 aliphatic heterocycles. The monoisotopic (exact) mass is 1840 g/mol. The van der Waals surface area contributed by atoms with Gasteiger partial charge < -0.3 is 33.2 Å². The first-order chi connectivity index (χ1) is 53.3. The lowest BCUT2D eigenvalue weighted by Gasteiger charge is -2.29. The third-order valence-corrected chi connectivity index (χ3v) is 46.2. The first-order valence-electron chi connectivity index (χ1n) is 38.5.